The molecule has 0 aromatic heterocycles. The summed E-state index contributed by atoms with van der Waals surface area (Å²) in [6.07, 6.45) is 2.96. The maximum atomic E-state index is 12.8. The van der Waals surface area contributed by atoms with Crippen molar-refractivity contribution in [2.75, 3.05) is 19.6 Å². The molecular weight excluding hydrogens is 333 g/mol. The van der Waals surface area contributed by atoms with Gasteiger partial charge in [0.05, 0.1) is 12.6 Å². The molecule has 1 heterocycles. The molecule has 1 saturated heterocycles. The lowest BCUT2D eigenvalue weighted by Crippen LogP contribution is -2.51. The van der Waals surface area contributed by atoms with E-state index in [4.69, 9.17) is 0 Å². The van der Waals surface area contributed by atoms with E-state index < -0.39 is 0 Å². The third-order valence-electron chi connectivity index (χ3n) is 4.04. The van der Waals surface area contributed by atoms with Crippen LogP contribution in [0.15, 0.2) is 24.3 Å². The first-order valence-electron chi connectivity index (χ1n) is 8.13. The van der Waals surface area contributed by atoms with Crippen molar-refractivity contribution in [3.63, 3.8) is 0 Å². The van der Waals surface area contributed by atoms with Crippen molar-refractivity contribution in [1.82, 2.24) is 15.5 Å². The van der Waals surface area contributed by atoms with Crippen molar-refractivity contribution in [3.05, 3.63) is 35.6 Å². The van der Waals surface area contributed by atoms with Gasteiger partial charge in [-0.2, -0.15) is 0 Å². The molecule has 1 aliphatic rings. The minimum atomic E-state index is -0.303. The Hall–Kier alpha value is -1.66. The maximum absolute atomic E-state index is 12.8. The Morgan fingerprint density at radius 2 is 2.00 bits per heavy atom. The minimum absolute atomic E-state index is 0. The molecule has 1 fully saturated rings. The second kappa shape index (κ2) is 10.3. The molecule has 0 saturated carbocycles. The van der Waals surface area contributed by atoms with Crippen molar-refractivity contribution < 1.29 is 14.0 Å². The zero-order chi connectivity index (χ0) is 16.7. The lowest BCUT2D eigenvalue weighted by molar-refractivity contribution is -0.138. The summed E-state index contributed by atoms with van der Waals surface area (Å²) in [5, 5.41) is 5.98. The van der Waals surface area contributed by atoms with E-state index in [2.05, 4.69) is 10.6 Å². The average Bonchev–Trinajstić information content (AvgIpc) is 2.59. The summed E-state index contributed by atoms with van der Waals surface area (Å²) in [4.78, 5) is 26.0. The Labute approximate surface area is 148 Å². The second-order valence-electron chi connectivity index (χ2n) is 5.76. The van der Waals surface area contributed by atoms with Crippen molar-refractivity contribution in [3.8, 4) is 0 Å². The van der Waals surface area contributed by atoms with E-state index in [0.717, 1.165) is 31.4 Å². The van der Waals surface area contributed by atoms with Gasteiger partial charge in [-0.15, -0.1) is 12.4 Å². The fraction of sp³-hybridized carbons (Fsp3) is 0.529. The van der Waals surface area contributed by atoms with E-state index in [9.17, 15) is 14.0 Å². The predicted octanol–water partition coefficient (Wildman–Crippen LogP) is 1.85. The van der Waals surface area contributed by atoms with Gasteiger partial charge in [0.25, 0.3) is 0 Å². The number of halogens is 2. The number of amides is 2. The fourth-order valence-electron chi connectivity index (χ4n) is 2.66. The van der Waals surface area contributed by atoms with Crippen LogP contribution < -0.4 is 10.6 Å². The molecule has 0 spiro atoms. The molecule has 5 nitrogen and oxygen atoms in total. The van der Waals surface area contributed by atoms with Gasteiger partial charge in [-0.1, -0.05) is 18.6 Å². The van der Waals surface area contributed by atoms with Gasteiger partial charge in [0, 0.05) is 13.1 Å². The Balaban J connectivity index is 0.00000288. The van der Waals surface area contributed by atoms with Gasteiger partial charge >= 0.3 is 0 Å². The van der Waals surface area contributed by atoms with Crippen LogP contribution in [0.5, 0.6) is 0 Å². The van der Waals surface area contributed by atoms with E-state index >= 15 is 0 Å². The molecule has 24 heavy (non-hydrogen) atoms. The first-order chi connectivity index (χ1) is 11.1. The molecule has 0 aliphatic carbocycles. The number of nitrogens with one attached hydrogen (secondary N) is 2. The molecule has 1 aromatic rings. The zero-order valence-corrected chi connectivity index (χ0v) is 14.7. The molecular formula is C17H25ClFN3O2. The molecule has 7 heteroatoms. The molecule has 2 rings (SSSR count). The predicted molar refractivity (Wildman–Crippen MR) is 93.4 cm³/mol. The van der Waals surface area contributed by atoms with Crippen LogP contribution in [0.2, 0.25) is 0 Å². The van der Waals surface area contributed by atoms with Crippen LogP contribution >= 0.6 is 12.4 Å². The summed E-state index contributed by atoms with van der Waals surface area (Å²) in [7, 11) is 0. The summed E-state index contributed by atoms with van der Waals surface area (Å²) < 4.78 is 12.8. The molecule has 2 amide bonds. The van der Waals surface area contributed by atoms with Gasteiger partial charge in [0.2, 0.25) is 11.8 Å². The largest absolute Gasteiger partial charge is 0.350 e. The van der Waals surface area contributed by atoms with Crippen LogP contribution in [0.4, 0.5) is 4.39 Å². The number of hydrogen-bond donors (Lipinski definition) is 2. The number of benzene rings is 1. The average molecular weight is 358 g/mol. The van der Waals surface area contributed by atoms with Crippen molar-refractivity contribution in [2.45, 2.75) is 38.8 Å². The molecule has 1 aliphatic heterocycles. The summed E-state index contributed by atoms with van der Waals surface area (Å²) in [6.45, 7) is 3.60. The van der Waals surface area contributed by atoms with E-state index in [1.807, 2.05) is 6.92 Å². The maximum Gasteiger partial charge on any atom is 0.240 e. The smallest absolute Gasteiger partial charge is 0.240 e. The van der Waals surface area contributed by atoms with Crippen LogP contribution in [0.3, 0.4) is 0 Å². The Morgan fingerprint density at radius 3 is 2.58 bits per heavy atom. The van der Waals surface area contributed by atoms with Crippen LogP contribution in [0.1, 0.15) is 31.7 Å². The quantitative estimate of drug-likeness (QED) is 0.816. The standard InChI is InChI=1S/C17H24FN3O2.ClH/c1-2-21(17(23)15-5-3-4-10-19-15)12-16(22)20-11-13-6-8-14(18)9-7-13;/h6-9,15,19H,2-5,10-12H2,1H3,(H,20,22);1H/t15-;/m1./s1. The number of piperidine rings is 1. The number of rotatable bonds is 6. The van der Waals surface area contributed by atoms with Gasteiger partial charge in [-0.3, -0.25) is 9.59 Å². The van der Waals surface area contributed by atoms with Crippen molar-refractivity contribution in [1.29, 1.82) is 0 Å². The summed E-state index contributed by atoms with van der Waals surface area (Å²) in [5.41, 5.74) is 0.822. The van der Waals surface area contributed by atoms with Gasteiger partial charge in [-0.05, 0) is 44.0 Å². The number of carbonyl (C=O) groups is 2. The first-order valence-corrected chi connectivity index (χ1v) is 8.13. The summed E-state index contributed by atoms with van der Waals surface area (Å²) in [6, 6.07) is 5.80. The molecule has 1 aromatic carbocycles. The molecule has 134 valence electrons. The van der Waals surface area contributed by atoms with E-state index in [1.165, 1.54) is 12.1 Å². The SMILES string of the molecule is CCN(CC(=O)NCc1ccc(F)cc1)C(=O)[C@H]1CCCCN1.Cl. The van der Waals surface area contributed by atoms with Crippen LogP contribution in [0.25, 0.3) is 0 Å². The lowest BCUT2D eigenvalue weighted by atomic mass is 10.0. The van der Waals surface area contributed by atoms with Crippen molar-refractivity contribution >= 4 is 24.2 Å². The van der Waals surface area contributed by atoms with Gasteiger partial charge in [0.15, 0.2) is 0 Å². The molecule has 1 atom stereocenters. The summed E-state index contributed by atoms with van der Waals surface area (Å²) >= 11 is 0. The van der Waals surface area contributed by atoms with Crippen LogP contribution in [-0.4, -0.2) is 42.4 Å². The lowest BCUT2D eigenvalue weighted by Gasteiger charge is -2.29. The Morgan fingerprint density at radius 1 is 1.29 bits per heavy atom. The number of carbonyl (C=O) groups excluding carboxylic acids is 2. The Kier molecular flexibility index (Phi) is 8.71. The molecule has 2 N–H and O–H groups in total. The monoisotopic (exact) mass is 357 g/mol. The van der Waals surface area contributed by atoms with Gasteiger partial charge in [0.1, 0.15) is 5.82 Å². The molecule has 0 bridgehead atoms. The van der Waals surface area contributed by atoms with E-state index in [0.29, 0.717) is 13.1 Å². The normalized spacial score (nSPS) is 16.8. The van der Waals surface area contributed by atoms with Gasteiger partial charge in [-0.25, -0.2) is 4.39 Å². The highest BCUT2D eigenvalue weighted by Gasteiger charge is 2.25. The molecule has 0 radical (unpaired) electrons. The molecule has 0 unspecified atom stereocenters. The van der Waals surface area contributed by atoms with E-state index in [1.54, 1.807) is 17.0 Å². The fourth-order valence-corrected chi connectivity index (χ4v) is 2.66. The third-order valence-corrected chi connectivity index (χ3v) is 4.04. The Bertz CT molecular complexity index is 533. The topological polar surface area (TPSA) is 61.4 Å². The zero-order valence-electron chi connectivity index (χ0n) is 13.9. The second-order valence-corrected chi connectivity index (χ2v) is 5.76. The highest BCUT2D eigenvalue weighted by Crippen LogP contribution is 2.10. The van der Waals surface area contributed by atoms with Crippen LogP contribution in [0, 0.1) is 5.82 Å². The first kappa shape index (κ1) is 20.4. The highest BCUT2D eigenvalue weighted by atomic mass is 35.5. The summed E-state index contributed by atoms with van der Waals surface area (Å²) in [5.74, 6) is -0.521. The number of nitrogens with zero attached hydrogens (tertiary/aromatic N) is 1. The minimum Gasteiger partial charge on any atom is -0.350 e. The highest BCUT2D eigenvalue weighted by molar-refractivity contribution is 5.87. The third kappa shape index (κ3) is 6.09. The van der Waals surface area contributed by atoms with Crippen LogP contribution in [-0.2, 0) is 16.1 Å². The van der Waals surface area contributed by atoms with E-state index in [-0.39, 0.29) is 42.6 Å². The number of hydrogen-bond acceptors (Lipinski definition) is 3. The van der Waals surface area contributed by atoms with Crippen molar-refractivity contribution in [2.24, 2.45) is 0 Å². The van der Waals surface area contributed by atoms with Gasteiger partial charge < -0.3 is 15.5 Å². The number of likely N-dealkylation sites (N-methyl/N-ethyl adjacent to an activating group) is 1.